The Balaban J connectivity index is 2.56. The van der Waals surface area contributed by atoms with Crippen LogP contribution in [0.2, 0.25) is 0 Å². The van der Waals surface area contributed by atoms with E-state index in [9.17, 15) is 8.42 Å². The van der Waals surface area contributed by atoms with Crippen molar-refractivity contribution in [3.05, 3.63) is 28.4 Å². The van der Waals surface area contributed by atoms with Crippen LogP contribution in [0.4, 0.5) is 0 Å². The maximum atomic E-state index is 11.4. The van der Waals surface area contributed by atoms with E-state index in [4.69, 9.17) is 4.74 Å². The molecule has 0 fully saturated rings. The van der Waals surface area contributed by atoms with Crippen molar-refractivity contribution in [1.29, 1.82) is 0 Å². The molecule has 0 bridgehead atoms. The molecule has 6 nitrogen and oxygen atoms in total. The Morgan fingerprint density at radius 1 is 1.22 bits per heavy atom. The van der Waals surface area contributed by atoms with Gasteiger partial charge in [0, 0.05) is 6.54 Å². The molecule has 0 unspecified atom stereocenters. The molecule has 0 amide bonds. The maximum Gasteiger partial charge on any atom is 0.364 e. The summed E-state index contributed by atoms with van der Waals surface area (Å²) in [5.41, 5.74) is 0.865. The van der Waals surface area contributed by atoms with Crippen molar-refractivity contribution in [2.45, 2.75) is 6.42 Å². The highest BCUT2D eigenvalue weighted by atomic mass is 32.2. The van der Waals surface area contributed by atoms with Crippen LogP contribution in [0.5, 0.6) is 5.75 Å². The van der Waals surface area contributed by atoms with E-state index in [-0.39, 0.29) is 0 Å². The van der Waals surface area contributed by atoms with Crippen molar-refractivity contribution < 1.29 is 13.2 Å². The largest absolute Gasteiger partial charge is 0.494 e. The standard InChI is InChI=1S/C11H15N3O3S/c1-14(2)7-6-8-4-5-9(17-3)11-10(8)12-18(15,16)13-11/h4-5H,6-7H2,1-3H3. The van der Waals surface area contributed by atoms with E-state index in [0.717, 1.165) is 12.1 Å². The number of benzene rings is 1. The van der Waals surface area contributed by atoms with E-state index in [2.05, 4.69) is 8.80 Å². The van der Waals surface area contributed by atoms with Crippen molar-refractivity contribution in [3.8, 4) is 5.75 Å². The Bertz CT molecular complexity index is 680. The first-order valence-electron chi connectivity index (χ1n) is 5.48. The zero-order chi connectivity index (χ0) is 13.3. The first-order chi connectivity index (χ1) is 8.43. The van der Waals surface area contributed by atoms with Crippen molar-refractivity contribution in [3.63, 3.8) is 0 Å². The number of fused-ring (bicyclic) bond motifs is 1. The SMILES string of the molecule is COc1ccc(CCN(C)C)c2c1=NS(=O)(=O)N=2. The highest BCUT2D eigenvalue weighted by Gasteiger charge is 2.17. The van der Waals surface area contributed by atoms with Crippen LogP contribution in [0.3, 0.4) is 0 Å². The molecule has 1 heterocycles. The average molecular weight is 269 g/mol. The number of hydrogen-bond acceptors (Lipinski definition) is 4. The lowest BCUT2D eigenvalue weighted by Crippen LogP contribution is -2.29. The lowest BCUT2D eigenvalue weighted by molar-refractivity contribution is 0.406. The lowest BCUT2D eigenvalue weighted by Gasteiger charge is -2.09. The second kappa shape index (κ2) is 4.66. The van der Waals surface area contributed by atoms with Crippen molar-refractivity contribution in [2.75, 3.05) is 27.7 Å². The summed E-state index contributed by atoms with van der Waals surface area (Å²) in [6.45, 7) is 0.814. The molecule has 0 aliphatic carbocycles. The Kier molecular flexibility index (Phi) is 3.36. The smallest absolute Gasteiger partial charge is 0.364 e. The van der Waals surface area contributed by atoms with E-state index in [0.29, 0.717) is 22.9 Å². The molecular weight excluding hydrogens is 254 g/mol. The molecule has 0 saturated heterocycles. The van der Waals surface area contributed by atoms with Gasteiger partial charge in [-0.25, -0.2) is 0 Å². The van der Waals surface area contributed by atoms with Crippen LogP contribution in [0.15, 0.2) is 20.9 Å². The van der Waals surface area contributed by atoms with E-state index in [1.54, 1.807) is 6.07 Å². The fraction of sp³-hybridized carbons (Fsp3) is 0.455. The lowest BCUT2D eigenvalue weighted by atomic mass is 10.1. The van der Waals surface area contributed by atoms with E-state index in [1.807, 2.05) is 25.1 Å². The molecule has 0 saturated carbocycles. The number of rotatable bonds is 4. The van der Waals surface area contributed by atoms with Crippen LogP contribution in [0.25, 0.3) is 0 Å². The normalized spacial score (nSPS) is 16.0. The van der Waals surface area contributed by atoms with Gasteiger partial charge in [0.1, 0.15) is 16.5 Å². The second-order valence-corrected chi connectivity index (χ2v) is 5.57. The number of nitrogens with zero attached hydrogens (tertiary/aromatic N) is 3. The molecule has 0 atom stereocenters. The summed E-state index contributed by atoms with van der Waals surface area (Å²) in [6.07, 6.45) is 0.716. The van der Waals surface area contributed by atoms with E-state index < -0.39 is 10.2 Å². The predicted molar refractivity (Wildman–Crippen MR) is 66.5 cm³/mol. The van der Waals surface area contributed by atoms with Crippen LogP contribution in [0, 0.1) is 0 Å². The van der Waals surface area contributed by atoms with Gasteiger partial charge < -0.3 is 9.64 Å². The number of ether oxygens (including phenoxy) is 1. The molecule has 0 radical (unpaired) electrons. The van der Waals surface area contributed by atoms with Crippen LogP contribution >= 0.6 is 0 Å². The fourth-order valence-corrected chi connectivity index (χ4v) is 2.64. The predicted octanol–water partition coefficient (Wildman–Crippen LogP) is -0.703. The number of hydrogen-bond donors (Lipinski definition) is 0. The Morgan fingerprint density at radius 3 is 2.50 bits per heavy atom. The van der Waals surface area contributed by atoms with Gasteiger partial charge in [0.2, 0.25) is 0 Å². The van der Waals surface area contributed by atoms with Crippen molar-refractivity contribution in [1.82, 2.24) is 4.90 Å². The number of likely N-dealkylation sites (N-methyl/N-ethyl adjacent to an activating group) is 1. The van der Waals surface area contributed by atoms with Gasteiger partial charge >= 0.3 is 10.2 Å². The summed E-state index contributed by atoms with van der Waals surface area (Å²) >= 11 is 0. The summed E-state index contributed by atoms with van der Waals surface area (Å²) < 4.78 is 35.3. The number of methoxy groups -OCH3 is 1. The molecule has 1 aliphatic heterocycles. The first-order valence-corrected chi connectivity index (χ1v) is 6.88. The first kappa shape index (κ1) is 13.0. The van der Waals surface area contributed by atoms with Crippen molar-refractivity contribution in [2.24, 2.45) is 8.80 Å². The molecular formula is C11H15N3O3S. The summed E-state index contributed by atoms with van der Waals surface area (Å²) in [7, 11) is 1.66. The third kappa shape index (κ3) is 2.51. The van der Waals surface area contributed by atoms with Gasteiger partial charge in [0.15, 0.2) is 0 Å². The van der Waals surface area contributed by atoms with Gasteiger partial charge in [-0.15, -0.1) is 8.80 Å². The summed E-state index contributed by atoms with van der Waals surface area (Å²) in [5.74, 6) is 0.434. The molecule has 0 N–H and O–H groups in total. The maximum absolute atomic E-state index is 11.4. The van der Waals surface area contributed by atoms with Gasteiger partial charge in [-0.2, -0.15) is 8.42 Å². The Morgan fingerprint density at radius 2 is 1.89 bits per heavy atom. The second-order valence-electron chi connectivity index (χ2n) is 4.31. The van der Waals surface area contributed by atoms with Gasteiger partial charge in [-0.3, -0.25) is 0 Å². The van der Waals surface area contributed by atoms with Crippen LogP contribution in [0.1, 0.15) is 5.56 Å². The van der Waals surface area contributed by atoms with E-state index in [1.165, 1.54) is 7.11 Å². The molecule has 98 valence electrons. The zero-order valence-corrected chi connectivity index (χ0v) is 11.4. The van der Waals surface area contributed by atoms with Gasteiger partial charge in [0.25, 0.3) is 0 Å². The zero-order valence-electron chi connectivity index (χ0n) is 10.5. The average Bonchev–Trinajstić information content (AvgIpc) is 2.60. The van der Waals surface area contributed by atoms with Crippen LogP contribution in [-0.2, 0) is 16.6 Å². The summed E-state index contributed by atoms with van der Waals surface area (Å²) in [6, 6.07) is 3.56. The molecule has 0 spiro atoms. The molecule has 2 rings (SSSR count). The third-order valence-corrected chi connectivity index (χ3v) is 3.49. The Labute approximate surface area is 106 Å². The van der Waals surface area contributed by atoms with Crippen molar-refractivity contribution >= 4 is 10.2 Å². The van der Waals surface area contributed by atoms with Gasteiger partial charge in [-0.05, 0) is 32.1 Å². The molecule has 7 heteroatoms. The molecule has 0 aromatic heterocycles. The van der Waals surface area contributed by atoms with Crippen LogP contribution in [-0.4, -0.2) is 41.1 Å². The summed E-state index contributed by atoms with van der Waals surface area (Å²) in [4.78, 5) is 2.03. The summed E-state index contributed by atoms with van der Waals surface area (Å²) in [5, 5.41) is 0.727. The molecule has 18 heavy (non-hydrogen) atoms. The highest BCUT2D eigenvalue weighted by Crippen LogP contribution is 2.07. The molecule has 1 aromatic carbocycles. The molecule has 1 aromatic rings. The van der Waals surface area contributed by atoms with Gasteiger partial charge in [-0.1, -0.05) is 6.07 Å². The fourth-order valence-electron chi connectivity index (χ4n) is 1.75. The minimum absolute atomic E-state index is 0.314. The topological polar surface area (TPSA) is 71.3 Å². The van der Waals surface area contributed by atoms with E-state index >= 15 is 0 Å². The monoisotopic (exact) mass is 269 g/mol. The quantitative estimate of drug-likeness (QED) is 0.724. The van der Waals surface area contributed by atoms with Crippen LogP contribution < -0.4 is 15.5 Å². The molecule has 1 aliphatic rings. The highest BCUT2D eigenvalue weighted by molar-refractivity contribution is 7.88. The van der Waals surface area contributed by atoms with Gasteiger partial charge in [0.05, 0.1) is 7.11 Å². The minimum atomic E-state index is -3.74. The minimum Gasteiger partial charge on any atom is -0.494 e. The third-order valence-electron chi connectivity index (χ3n) is 2.66. The Hall–Kier alpha value is -1.47.